The van der Waals surface area contributed by atoms with Crippen LogP contribution in [0.5, 0.6) is 5.75 Å². The third kappa shape index (κ3) is 3.60. The lowest BCUT2D eigenvalue weighted by Gasteiger charge is -2.08. The summed E-state index contributed by atoms with van der Waals surface area (Å²) in [6, 6.07) is 17.9. The van der Waals surface area contributed by atoms with E-state index in [9.17, 15) is 0 Å². The third-order valence-corrected chi connectivity index (χ3v) is 3.26. The van der Waals surface area contributed by atoms with E-state index in [2.05, 4.69) is 10.5 Å². The molecule has 20 heavy (non-hydrogen) atoms. The van der Waals surface area contributed by atoms with E-state index in [0.29, 0.717) is 0 Å². The third-order valence-electron chi connectivity index (χ3n) is 3.26. The quantitative estimate of drug-likeness (QED) is 0.635. The van der Waals surface area contributed by atoms with Crippen molar-refractivity contribution >= 4 is 11.9 Å². The second kappa shape index (κ2) is 6.24. The largest absolute Gasteiger partial charge is 0.493 e. The molecular formula is C17H18N2O. The molecule has 3 nitrogen and oxygen atoms in total. The van der Waals surface area contributed by atoms with E-state index in [1.807, 2.05) is 54.6 Å². The molecule has 0 bridgehead atoms. The number of anilines is 1. The van der Waals surface area contributed by atoms with Gasteiger partial charge in [0.15, 0.2) is 0 Å². The Labute approximate surface area is 119 Å². The molecule has 0 aromatic heterocycles. The van der Waals surface area contributed by atoms with Crippen LogP contribution in [0.2, 0.25) is 0 Å². The standard InChI is InChI=1S/C17H18N2O/c1-2-7-16(8-3-1)19-18-12-15-6-4-5-9-17(15)20-13-14-10-11-14/h1-9,12,14,19H,10-11,13H2. The fourth-order valence-electron chi connectivity index (χ4n) is 1.90. The molecule has 0 heterocycles. The van der Waals surface area contributed by atoms with Gasteiger partial charge in [-0.25, -0.2) is 0 Å². The van der Waals surface area contributed by atoms with Crippen molar-refractivity contribution < 1.29 is 4.74 Å². The summed E-state index contributed by atoms with van der Waals surface area (Å²) in [5, 5.41) is 4.26. The van der Waals surface area contributed by atoms with E-state index < -0.39 is 0 Å². The summed E-state index contributed by atoms with van der Waals surface area (Å²) in [4.78, 5) is 0. The van der Waals surface area contributed by atoms with Crippen molar-refractivity contribution in [3.05, 3.63) is 60.2 Å². The van der Waals surface area contributed by atoms with Gasteiger partial charge in [0.25, 0.3) is 0 Å². The van der Waals surface area contributed by atoms with Crippen LogP contribution in [0.15, 0.2) is 59.7 Å². The maximum absolute atomic E-state index is 5.84. The molecule has 2 aromatic carbocycles. The Balaban J connectivity index is 1.63. The lowest BCUT2D eigenvalue weighted by molar-refractivity contribution is 0.299. The summed E-state index contributed by atoms with van der Waals surface area (Å²) in [6.45, 7) is 0.816. The monoisotopic (exact) mass is 266 g/mol. The number of benzene rings is 2. The van der Waals surface area contributed by atoms with Crippen LogP contribution in [-0.4, -0.2) is 12.8 Å². The first-order valence-electron chi connectivity index (χ1n) is 6.98. The van der Waals surface area contributed by atoms with Crippen molar-refractivity contribution in [3.63, 3.8) is 0 Å². The van der Waals surface area contributed by atoms with Crippen molar-refractivity contribution in [2.24, 2.45) is 11.0 Å². The molecule has 2 aromatic rings. The second-order valence-corrected chi connectivity index (χ2v) is 5.03. The minimum atomic E-state index is 0.752. The molecule has 0 spiro atoms. The Morgan fingerprint density at radius 2 is 1.80 bits per heavy atom. The highest BCUT2D eigenvalue weighted by atomic mass is 16.5. The molecule has 1 aliphatic carbocycles. The number of hydrogen-bond donors (Lipinski definition) is 1. The summed E-state index contributed by atoms with van der Waals surface area (Å²) < 4.78 is 5.84. The van der Waals surface area contributed by atoms with Gasteiger partial charge in [0.2, 0.25) is 0 Å². The molecule has 0 radical (unpaired) electrons. The van der Waals surface area contributed by atoms with Crippen LogP contribution in [0.3, 0.4) is 0 Å². The van der Waals surface area contributed by atoms with Gasteiger partial charge in [-0.3, -0.25) is 5.43 Å². The molecule has 1 aliphatic rings. The average molecular weight is 266 g/mol. The zero-order chi connectivity index (χ0) is 13.6. The first-order chi connectivity index (χ1) is 9.92. The first kappa shape index (κ1) is 12.7. The molecule has 0 atom stereocenters. The molecule has 0 amide bonds. The molecule has 0 unspecified atom stereocenters. The van der Waals surface area contributed by atoms with Gasteiger partial charge >= 0.3 is 0 Å². The van der Waals surface area contributed by atoms with Crippen LogP contribution in [-0.2, 0) is 0 Å². The minimum absolute atomic E-state index is 0.752. The summed E-state index contributed by atoms with van der Waals surface area (Å²) in [5.74, 6) is 1.65. The summed E-state index contributed by atoms with van der Waals surface area (Å²) >= 11 is 0. The molecule has 102 valence electrons. The molecule has 0 saturated heterocycles. The van der Waals surface area contributed by atoms with Crippen molar-refractivity contribution in [2.75, 3.05) is 12.0 Å². The van der Waals surface area contributed by atoms with E-state index in [1.165, 1.54) is 12.8 Å². The van der Waals surface area contributed by atoms with Crippen LogP contribution >= 0.6 is 0 Å². The number of rotatable bonds is 6. The smallest absolute Gasteiger partial charge is 0.128 e. The topological polar surface area (TPSA) is 33.6 Å². The number of hydrazone groups is 1. The van der Waals surface area contributed by atoms with Crippen LogP contribution in [0, 0.1) is 5.92 Å². The predicted octanol–water partition coefficient (Wildman–Crippen LogP) is 3.92. The average Bonchev–Trinajstić information content (AvgIpc) is 3.32. The molecule has 1 fully saturated rings. The number of para-hydroxylation sites is 2. The maximum atomic E-state index is 5.84. The Bertz CT molecular complexity index is 577. The number of hydrogen-bond acceptors (Lipinski definition) is 3. The van der Waals surface area contributed by atoms with Gasteiger partial charge in [-0.2, -0.15) is 5.10 Å². The van der Waals surface area contributed by atoms with Gasteiger partial charge in [0.05, 0.1) is 18.5 Å². The summed E-state index contributed by atoms with van der Waals surface area (Å²) in [6.07, 6.45) is 4.40. The highest BCUT2D eigenvalue weighted by Gasteiger charge is 2.22. The minimum Gasteiger partial charge on any atom is -0.493 e. The Morgan fingerprint density at radius 1 is 1.05 bits per heavy atom. The zero-order valence-corrected chi connectivity index (χ0v) is 11.3. The van der Waals surface area contributed by atoms with E-state index in [0.717, 1.165) is 29.5 Å². The number of nitrogens with zero attached hydrogens (tertiary/aromatic N) is 1. The van der Waals surface area contributed by atoms with Crippen molar-refractivity contribution in [3.8, 4) is 5.75 Å². The van der Waals surface area contributed by atoms with Crippen molar-refractivity contribution in [1.29, 1.82) is 0 Å². The van der Waals surface area contributed by atoms with Crippen LogP contribution in [0.25, 0.3) is 0 Å². The Kier molecular flexibility index (Phi) is 3.97. The lowest BCUT2D eigenvalue weighted by atomic mass is 10.2. The second-order valence-electron chi connectivity index (χ2n) is 5.03. The molecular weight excluding hydrogens is 248 g/mol. The van der Waals surface area contributed by atoms with Crippen LogP contribution in [0.1, 0.15) is 18.4 Å². The van der Waals surface area contributed by atoms with E-state index >= 15 is 0 Å². The van der Waals surface area contributed by atoms with Gasteiger partial charge in [-0.1, -0.05) is 30.3 Å². The van der Waals surface area contributed by atoms with E-state index in [4.69, 9.17) is 4.74 Å². The molecule has 1 saturated carbocycles. The van der Waals surface area contributed by atoms with Gasteiger partial charge in [0.1, 0.15) is 5.75 Å². The predicted molar refractivity (Wildman–Crippen MR) is 82.3 cm³/mol. The molecule has 0 aliphatic heterocycles. The van der Waals surface area contributed by atoms with Gasteiger partial charge in [0, 0.05) is 5.56 Å². The normalized spacial score (nSPS) is 14.4. The highest BCUT2D eigenvalue weighted by molar-refractivity contribution is 5.83. The van der Waals surface area contributed by atoms with Gasteiger partial charge in [-0.15, -0.1) is 0 Å². The molecule has 1 N–H and O–H groups in total. The van der Waals surface area contributed by atoms with Crippen LogP contribution < -0.4 is 10.2 Å². The fourth-order valence-corrected chi connectivity index (χ4v) is 1.90. The van der Waals surface area contributed by atoms with Crippen LogP contribution in [0.4, 0.5) is 5.69 Å². The summed E-state index contributed by atoms with van der Waals surface area (Å²) in [7, 11) is 0. The molecule has 3 heteroatoms. The highest BCUT2D eigenvalue weighted by Crippen LogP contribution is 2.30. The Hall–Kier alpha value is -2.29. The lowest BCUT2D eigenvalue weighted by Crippen LogP contribution is -2.01. The fraction of sp³-hybridized carbons (Fsp3) is 0.235. The zero-order valence-electron chi connectivity index (χ0n) is 11.3. The summed E-state index contributed by atoms with van der Waals surface area (Å²) in [5.41, 5.74) is 4.98. The first-order valence-corrected chi connectivity index (χ1v) is 6.98. The maximum Gasteiger partial charge on any atom is 0.128 e. The number of ether oxygens (including phenoxy) is 1. The van der Waals surface area contributed by atoms with Crippen molar-refractivity contribution in [2.45, 2.75) is 12.8 Å². The van der Waals surface area contributed by atoms with E-state index in [1.54, 1.807) is 6.21 Å². The SMILES string of the molecule is C(=NNc1ccccc1)c1ccccc1OCC1CC1. The van der Waals surface area contributed by atoms with Gasteiger partial charge in [-0.05, 0) is 43.0 Å². The Morgan fingerprint density at radius 3 is 2.60 bits per heavy atom. The van der Waals surface area contributed by atoms with Crippen molar-refractivity contribution in [1.82, 2.24) is 0 Å². The van der Waals surface area contributed by atoms with E-state index in [-0.39, 0.29) is 0 Å². The number of nitrogens with one attached hydrogen (secondary N) is 1. The van der Waals surface area contributed by atoms with Gasteiger partial charge < -0.3 is 4.74 Å². The molecule has 3 rings (SSSR count).